The van der Waals surface area contributed by atoms with Crippen LogP contribution in [0.1, 0.15) is 22.6 Å². The predicted octanol–water partition coefficient (Wildman–Crippen LogP) is 4.24. The van der Waals surface area contributed by atoms with Crippen LogP contribution in [0.2, 0.25) is 0 Å². The molecule has 2 atom stereocenters. The maximum absolute atomic E-state index is 12.4. The van der Waals surface area contributed by atoms with Crippen LogP contribution in [0, 0.1) is 0 Å². The third-order valence-corrected chi connectivity index (χ3v) is 6.23. The van der Waals surface area contributed by atoms with E-state index in [2.05, 4.69) is 41.3 Å². The van der Waals surface area contributed by atoms with Crippen LogP contribution in [-0.2, 0) is 16.8 Å². The summed E-state index contributed by atoms with van der Waals surface area (Å²) >= 11 is 0. The van der Waals surface area contributed by atoms with Crippen molar-refractivity contribution in [3.8, 4) is 5.75 Å². The second kappa shape index (κ2) is 10.1. The molecule has 1 fully saturated rings. The Morgan fingerprint density at radius 2 is 1.52 bits per heavy atom. The van der Waals surface area contributed by atoms with Crippen LogP contribution < -0.4 is 4.74 Å². The molecule has 0 radical (unpaired) electrons. The lowest BCUT2D eigenvalue weighted by atomic mass is 9.73. The van der Waals surface area contributed by atoms with Gasteiger partial charge in [0.25, 0.3) is 0 Å². The molecule has 4 nitrogen and oxygen atoms in total. The molecule has 0 aliphatic carbocycles. The van der Waals surface area contributed by atoms with E-state index in [0.29, 0.717) is 6.42 Å². The van der Waals surface area contributed by atoms with Crippen LogP contribution in [0.15, 0.2) is 84.9 Å². The Hall–Kier alpha value is -2.66. The second-order valence-corrected chi connectivity index (χ2v) is 8.19. The molecule has 4 heteroatoms. The van der Waals surface area contributed by atoms with E-state index in [0.717, 1.165) is 55.3 Å². The number of methoxy groups -OCH3 is 1. The highest BCUT2D eigenvalue weighted by Gasteiger charge is 2.40. The Kier molecular flexibility index (Phi) is 7.03. The lowest BCUT2D eigenvalue weighted by Crippen LogP contribution is -2.45. The van der Waals surface area contributed by atoms with Crippen molar-refractivity contribution in [3.05, 3.63) is 102 Å². The molecule has 2 unspecified atom stereocenters. The van der Waals surface area contributed by atoms with Crippen LogP contribution in [0.5, 0.6) is 5.75 Å². The van der Waals surface area contributed by atoms with Gasteiger partial charge in [-0.25, -0.2) is 0 Å². The number of ether oxygens (including phenoxy) is 2. The second-order valence-electron chi connectivity index (χ2n) is 8.19. The van der Waals surface area contributed by atoms with Crippen molar-refractivity contribution in [2.75, 3.05) is 40.0 Å². The molecule has 0 aromatic heterocycles. The minimum Gasteiger partial charge on any atom is -0.497 e. The summed E-state index contributed by atoms with van der Waals surface area (Å²) in [5.74, 6) is 0.690. The largest absolute Gasteiger partial charge is 0.497 e. The fraction of sp³-hybridized carbons (Fsp3) is 0.333. The van der Waals surface area contributed by atoms with Gasteiger partial charge in [0.05, 0.1) is 20.3 Å². The summed E-state index contributed by atoms with van der Waals surface area (Å²) in [6.45, 7) is 4.01. The summed E-state index contributed by atoms with van der Waals surface area (Å²) < 4.78 is 10.9. The first-order chi connectivity index (χ1) is 15.2. The van der Waals surface area contributed by atoms with Crippen LogP contribution >= 0.6 is 0 Å². The molecule has 0 bridgehead atoms. The molecule has 0 spiro atoms. The van der Waals surface area contributed by atoms with E-state index in [1.807, 2.05) is 48.5 Å². The first-order valence-electron chi connectivity index (χ1n) is 10.9. The monoisotopic (exact) mass is 417 g/mol. The highest BCUT2D eigenvalue weighted by atomic mass is 16.5. The highest BCUT2D eigenvalue weighted by molar-refractivity contribution is 5.37. The van der Waals surface area contributed by atoms with Crippen molar-refractivity contribution < 1.29 is 14.6 Å². The van der Waals surface area contributed by atoms with Crippen molar-refractivity contribution >= 4 is 0 Å². The molecule has 162 valence electrons. The van der Waals surface area contributed by atoms with Gasteiger partial charge in [0.1, 0.15) is 11.4 Å². The quantitative estimate of drug-likeness (QED) is 0.595. The van der Waals surface area contributed by atoms with Crippen LogP contribution in [-0.4, -0.2) is 50.0 Å². The molecule has 3 aromatic rings. The normalized spacial score (nSPS) is 17.6. The van der Waals surface area contributed by atoms with E-state index in [4.69, 9.17) is 9.47 Å². The number of morpholine rings is 1. The van der Waals surface area contributed by atoms with Gasteiger partial charge in [0.15, 0.2) is 0 Å². The molecule has 1 saturated heterocycles. The minimum absolute atomic E-state index is 0.0969. The molecule has 0 saturated carbocycles. The number of rotatable bonds is 8. The van der Waals surface area contributed by atoms with E-state index < -0.39 is 5.60 Å². The average Bonchev–Trinajstić information content (AvgIpc) is 2.84. The van der Waals surface area contributed by atoms with Gasteiger partial charge in [-0.15, -0.1) is 0 Å². The molecule has 1 aliphatic heterocycles. The molecule has 31 heavy (non-hydrogen) atoms. The fourth-order valence-corrected chi connectivity index (χ4v) is 4.47. The number of nitrogens with zero attached hydrogens (tertiary/aromatic N) is 1. The SMILES string of the molecule is COc1ccc(C(O)(Cc2ccccc2)C(CN2CCOCC2)c2ccccc2)cc1. The summed E-state index contributed by atoms with van der Waals surface area (Å²) in [7, 11) is 1.66. The Labute approximate surface area is 185 Å². The Bertz CT molecular complexity index is 924. The van der Waals surface area contributed by atoms with Crippen LogP contribution in [0.25, 0.3) is 0 Å². The lowest BCUT2D eigenvalue weighted by molar-refractivity contribution is -0.0223. The van der Waals surface area contributed by atoms with Crippen LogP contribution in [0.3, 0.4) is 0 Å². The molecular weight excluding hydrogens is 386 g/mol. The zero-order valence-corrected chi connectivity index (χ0v) is 18.1. The Morgan fingerprint density at radius 1 is 0.903 bits per heavy atom. The van der Waals surface area contributed by atoms with Gasteiger partial charge in [-0.1, -0.05) is 72.8 Å². The summed E-state index contributed by atoms with van der Waals surface area (Å²) in [5.41, 5.74) is 2.08. The first-order valence-corrected chi connectivity index (χ1v) is 10.9. The summed E-state index contributed by atoms with van der Waals surface area (Å²) in [4.78, 5) is 2.40. The standard InChI is InChI=1S/C27H31NO3/c1-30-25-14-12-24(13-15-25)27(29,20-22-8-4-2-5-9-22)26(23-10-6-3-7-11-23)21-28-16-18-31-19-17-28/h2-15,26,29H,16-21H2,1H3. The van der Waals surface area contributed by atoms with Gasteiger partial charge in [0.2, 0.25) is 0 Å². The van der Waals surface area contributed by atoms with Gasteiger partial charge in [-0.2, -0.15) is 0 Å². The molecule has 1 N–H and O–H groups in total. The topological polar surface area (TPSA) is 41.9 Å². The minimum atomic E-state index is -1.08. The highest BCUT2D eigenvalue weighted by Crippen LogP contribution is 2.41. The van der Waals surface area contributed by atoms with E-state index in [-0.39, 0.29) is 5.92 Å². The van der Waals surface area contributed by atoms with Gasteiger partial charge >= 0.3 is 0 Å². The number of hydrogen-bond donors (Lipinski definition) is 1. The Morgan fingerprint density at radius 3 is 2.13 bits per heavy atom. The zero-order valence-electron chi connectivity index (χ0n) is 18.1. The van der Waals surface area contributed by atoms with E-state index >= 15 is 0 Å². The molecule has 1 heterocycles. The maximum Gasteiger partial charge on any atom is 0.118 e. The van der Waals surface area contributed by atoms with Crippen molar-refractivity contribution in [1.82, 2.24) is 4.90 Å². The lowest BCUT2D eigenvalue weighted by Gasteiger charge is -2.41. The summed E-state index contributed by atoms with van der Waals surface area (Å²) in [5, 5.41) is 12.4. The van der Waals surface area contributed by atoms with E-state index in [1.54, 1.807) is 7.11 Å². The average molecular weight is 418 g/mol. The number of hydrogen-bond acceptors (Lipinski definition) is 4. The molecule has 3 aromatic carbocycles. The molecule has 0 amide bonds. The number of benzene rings is 3. The molecule has 4 rings (SSSR count). The predicted molar refractivity (Wildman–Crippen MR) is 123 cm³/mol. The van der Waals surface area contributed by atoms with Crippen molar-refractivity contribution in [2.24, 2.45) is 0 Å². The Balaban J connectivity index is 1.77. The number of aliphatic hydroxyl groups is 1. The molecular formula is C27H31NO3. The van der Waals surface area contributed by atoms with E-state index in [9.17, 15) is 5.11 Å². The molecule has 1 aliphatic rings. The van der Waals surface area contributed by atoms with Gasteiger partial charge < -0.3 is 14.6 Å². The van der Waals surface area contributed by atoms with E-state index in [1.165, 1.54) is 0 Å². The van der Waals surface area contributed by atoms with Gasteiger partial charge in [0, 0.05) is 32.0 Å². The first kappa shape index (κ1) is 21.6. The summed E-state index contributed by atoms with van der Waals surface area (Å²) in [6.07, 6.45) is 0.532. The maximum atomic E-state index is 12.4. The third-order valence-electron chi connectivity index (χ3n) is 6.23. The van der Waals surface area contributed by atoms with Crippen molar-refractivity contribution in [3.63, 3.8) is 0 Å². The van der Waals surface area contributed by atoms with Gasteiger partial charge in [-0.3, -0.25) is 4.90 Å². The zero-order chi connectivity index (χ0) is 21.5. The fourth-order valence-electron chi connectivity index (χ4n) is 4.47. The van der Waals surface area contributed by atoms with Crippen LogP contribution in [0.4, 0.5) is 0 Å². The van der Waals surface area contributed by atoms with Crippen molar-refractivity contribution in [2.45, 2.75) is 17.9 Å². The third kappa shape index (κ3) is 5.16. The smallest absolute Gasteiger partial charge is 0.118 e. The van der Waals surface area contributed by atoms with Gasteiger partial charge in [-0.05, 0) is 28.8 Å². The van der Waals surface area contributed by atoms with Crippen molar-refractivity contribution in [1.29, 1.82) is 0 Å². The summed E-state index contributed by atoms with van der Waals surface area (Å²) in [6, 6.07) is 28.5.